The van der Waals surface area contributed by atoms with Gasteiger partial charge in [-0.25, -0.2) is 4.39 Å². The van der Waals surface area contributed by atoms with Crippen LogP contribution in [0.1, 0.15) is 5.56 Å². The second kappa shape index (κ2) is 5.03. The van der Waals surface area contributed by atoms with E-state index in [0.29, 0.717) is 16.9 Å². The first kappa shape index (κ1) is 13.3. The van der Waals surface area contributed by atoms with Gasteiger partial charge in [0.15, 0.2) is 5.43 Å². The molecule has 0 saturated carbocycles. The van der Waals surface area contributed by atoms with E-state index in [-0.39, 0.29) is 34.5 Å². The van der Waals surface area contributed by atoms with Gasteiger partial charge < -0.3 is 15.3 Å². The quantitative estimate of drug-likeness (QED) is 0.759. The summed E-state index contributed by atoms with van der Waals surface area (Å²) in [6.07, 6.45) is 0. The fraction of sp³-hybridized carbons (Fsp3) is 0.0625. The van der Waals surface area contributed by atoms with E-state index in [0.717, 1.165) is 0 Å². The molecule has 0 aliphatic heterocycles. The molecule has 3 rings (SSSR count). The third kappa shape index (κ3) is 2.39. The van der Waals surface area contributed by atoms with Crippen LogP contribution in [0, 0.1) is 5.82 Å². The third-order valence-electron chi connectivity index (χ3n) is 3.23. The van der Waals surface area contributed by atoms with E-state index in [1.165, 1.54) is 36.4 Å². The normalized spacial score (nSPS) is 11.0. The molecular formula is C16H12FNO3. The van der Waals surface area contributed by atoms with Crippen molar-refractivity contribution < 1.29 is 13.9 Å². The SMILES string of the molecule is NCc1cc(O)c2c(=O)cc(-c3ccc(F)cc3)oc2c1. The standard InChI is InChI=1S/C16H12FNO3/c17-11-3-1-10(2-4-11)14-7-13(20)16-12(19)5-9(8-18)6-15(16)21-14/h1-7,19H,8,18H2. The molecule has 3 aromatic rings. The summed E-state index contributed by atoms with van der Waals surface area (Å²) in [6.45, 7) is 0.216. The predicted molar refractivity (Wildman–Crippen MR) is 77.4 cm³/mol. The molecule has 0 spiro atoms. The maximum absolute atomic E-state index is 12.9. The van der Waals surface area contributed by atoms with Gasteiger partial charge in [0.05, 0.1) is 0 Å². The van der Waals surface area contributed by atoms with Crippen LogP contribution in [0.3, 0.4) is 0 Å². The highest BCUT2D eigenvalue weighted by Gasteiger charge is 2.12. The van der Waals surface area contributed by atoms with Crippen LogP contribution >= 0.6 is 0 Å². The van der Waals surface area contributed by atoms with Crippen LogP contribution in [0.25, 0.3) is 22.3 Å². The lowest BCUT2D eigenvalue weighted by molar-refractivity contribution is 0.479. The molecule has 1 aromatic heterocycles. The minimum Gasteiger partial charge on any atom is -0.507 e. The molecule has 5 heteroatoms. The van der Waals surface area contributed by atoms with Crippen LogP contribution < -0.4 is 11.2 Å². The number of nitrogens with two attached hydrogens (primary N) is 1. The van der Waals surface area contributed by atoms with E-state index < -0.39 is 0 Å². The maximum atomic E-state index is 12.9. The molecule has 0 radical (unpaired) electrons. The third-order valence-corrected chi connectivity index (χ3v) is 3.23. The van der Waals surface area contributed by atoms with Crippen molar-refractivity contribution >= 4 is 11.0 Å². The zero-order chi connectivity index (χ0) is 15.0. The highest BCUT2D eigenvalue weighted by Crippen LogP contribution is 2.28. The van der Waals surface area contributed by atoms with Crippen molar-refractivity contribution in [3.63, 3.8) is 0 Å². The number of hydrogen-bond acceptors (Lipinski definition) is 4. The Kier molecular flexibility index (Phi) is 3.19. The van der Waals surface area contributed by atoms with E-state index in [2.05, 4.69) is 0 Å². The first-order valence-corrected chi connectivity index (χ1v) is 6.34. The van der Waals surface area contributed by atoms with Gasteiger partial charge in [0, 0.05) is 18.2 Å². The molecule has 0 amide bonds. The molecule has 2 aromatic carbocycles. The number of fused-ring (bicyclic) bond motifs is 1. The Bertz CT molecular complexity index is 869. The minimum absolute atomic E-state index is 0.109. The monoisotopic (exact) mass is 285 g/mol. The summed E-state index contributed by atoms with van der Waals surface area (Å²) in [5.74, 6) is -0.224. The van der Waals surface area contributed by atoms with Crippen LogP contribution in [0.15, 0.2) is 51.7 Å². The van der Waals surface area contributed by atoms with Gasteiger partial charge in [-0.2, -0.15) is 0 Å². The van der Waals surface area contributed by atoms with Crippen LogP contribution in [0.2, 0.25) is 0 Å². The lowest BCUT2D eigenvalue weighted by atomic mass is 10.1. The lowest BCUT2D eigenvalue weighted by Crippen LogP contribution is -2.03. The molecule has 4 nitrogen and oxygen atoms in total. The summed E-state index contributed by atoms with van der Waals surface area (Å²) in [6, 6.07) is 9.94. The fourth-order valence-electron chi connectivity index (χ4n) is 2.20. The first-order chi connectivity index (χ1) is 10.1. The molecule has 0 unspecified atom stereocenters. The number of hydrogen-bond donors (Lipinski definition) is 2. The Balaban J connectivity index is 2.27. The van der Waals surface area contributed by atoms with Crippen molar-refractivity contribution in [3.8, 4) is 17.1 Å². The summed E-state index contributed by atoms with van der Waals surface area (Å²) in [5.41, 5.74) is 6.66. The maximum Gasteiger partial charge on any atom is 0.197 e. The van der Waals surface area contributed by atoms with Crippen molar-refractivity contribution in [2.24, 2.45) is 5.73 Å². The van der Waals surface area contributed by atoms with Gasteiger partial charge in [-0.05, 0) is 42.0 Å². The van der Waals surface area contributed by atoms with E-state index in [1.807, 2.05) is 0 Å². The second-order valence-electron chi connectivity index (χ2n) is 4.67. The number of benzene rings is 2. The van der Waals surface area contributed by atoms with Crippen LogP contribution in [-0.2, 0) is 6.54 Å². The van der Waals surface area contributed by atoms with Crippen LogP contribution in [-0.4, -0.2) is 5.11 Å². The van der Waals surface area contributed by atoms with Gasteiger partial charge in [-0.3, -0.25) is 4.79 Å². The number of phenols is 1. The number of halogens is 1. The molecule has 0 aliphatic carbocycles. The van der Waals surface area contributed by atoms with Crippen molar-refractivity contribution in [3.05, 3.63) is 64.1 Å². The predicted octanol–water partition coefficient (Wildman–Crippen LogP) is 2.76. The Morgan fingerprint density at radius 2 is 1.86 bits per heavy atom. The van der Waals surface area contributed by atoms with Crippen molar-refractivity contribution in [2.75, 3.05) is 0 Å². The molecule has 0 atom stereocenters. The fourth-order valence-corrected chi connectivity index (χ4v) is 2.20. The van der Waals surface area contributed by atoms with Gasteiger partial charge in [-0.15, -0.1) is 0 Å². The van der Waals surface area contributed by atoms with Gasteiger partial charge in [0.1, 0.15) is 28.3 Å². The Morgan fingerprint density at radius 1 is 1.14 bits per heavy atom. The molecule has 0 saturated heterocycles. The van der Waals surface area contributed by atoms with Gasteiger partial charge in [0.2, 0.25) is 0 Å². The summed E-state index contributed by atoms with van der Waals surface area (Å²) in [4.78, 5) is 12.1. The van der Waals surface area contributed by atoms with Crippen LogP contribution in [0.4, 0.5) is 4.39 Å². The molecule has 3 N–H and O–H groups in total. The summed E-state index contributed by atoms with van der Waals surface area (Å²) in [5, 5.41) is 10.0. The number of phenolic OH excluding ortho intramolecular Hbond substituents is 1. The zero-order valence-corrected chi connectivity index (χ0v) is 11.0. The Labute approximate surface area is 119 Å². The summed E-state index contributed by atoms with van der Waals surface area (Å²) >= 11 is 0. The largest absolute Gasteiger partial charge is 0.507 e. The average molecular weight is 285 g/mol. The van der Waals surface area contributed by atoms with Gasteiger partial charge >= 0.3 is 0 Å². The smallest absolute Gasteiger partial charge is 0.197 e. The lowest BCUT2D eigenvalue weighted by Gasteiger charge is -2.06. The first-order valence-electron chi connectivity index (χ1n) is 6.34. The Morgan fingerprint density at radius 3 is 2.52 bits per heavy atom. The molecule has 0 fully saturated rings. The van der Waals surface area contributed by atoms with E-state index >= 15 is 0 Å². The zero-order valence-electron chi connectivity index (χ0n) is 11.0. The number of rotatable bonds is 2. The van der Waals surface area contributed by atoms with Crippen LogP contribution in [0.5, 0.6) is 5.75 Å². The van der Waals surface area contributed by atoms with E-state index in [9.17, 15) is 14.3 Å². The highest BCUT2D eigenvalue weighted by molar-refractivity contribution is 5.85. The topological polar surface area (TPSA) is 76.5 Å². The van der Waals surface area contributed by atoms with E-state index in [1.54, 1.807) is 6.07 Å². The summed E-state index contributed by atoms with van der Waals surface area (Å²) < 4.78 is 18.6. The Hall–Kier alpha value is -2.66. The summed E-state index contributed by atoms with van der Waals surface area (Å²) in [7, 11) is 0. The average Bonchev–Trinajstić information content (AvgIpc) is 2.46. The molecule has 21 heavy (non-hydrogen) atoms. The van der Waals surface area contributed by atoms with Gasteiger partial charge in [0.25, 0.3) is 0 Å². The molecule has 1 heterocycles. The number of aromatic hydroxyl groups is 1. The molecule has 106 valence electrons. The minimum atomic E-state index is -0.370. The second-order valence-corrected chi connectivity index (χ2v) is 4.67. The van der Waals surface area contributed by atoms with Crippen molar-refractivity contribution in [2.45, 2.75) is 6.54 Å². The molecule has 0 bridgehead atoms. The van der Waals surface area contributed by atoms with Crippen molar-refractivity contribution in [1.82, 2.24) is 0 Å². The molecule has 0 aliphatic rings. The highest BCUT2D eigenvalue weighted by atomic mass is 19.1. The molecular weight excluding hydrogens is 273 g/mol. The van der Waals surface area contributed by atoms with Crippen molar-refractivity contribution in [1.29, 1.82) is 0 Å². The van der Waals surface area contributed by atoms with Gasteiger partial charge in [-0.1, -0.05) is 0 Å². The van der Waals surface area contributed by atoms with E-state index in [4.69, 9.17) is 10.2 Å².